The first-order valence-corrected chi connectivity index (χ1v) is 8.70. The summed E-state index contributed by atoms with van der Waals surface area (Å²) in [5.74, 6) is 3.38. The Balaban J connectivity index is 0.00000280. The molecule has 2 aromatic carbocycles. The Hall–Kier alpha value is -2.62. The van der Waals surface area contributed by atoms with E-state index in [4.69, 9.17) is 9.26 Å². The van der Waals surface area contributed by atoms with Crippen LogP contribution in [0.15, 0.2) is 58.0 Å². The number of aromatic nitrogens is 2. The first-order chi connectivity index (χ1) is 13.1. The van der Waals surface area contributed by atoms with Crippen molar-refractivity contribution in [2.24, 2.45) is 4.99 Å². The summed E-state index contributed by atoms with van der Waals surface area (Å²) in [5, 5.41) is 10.2. The molecule has 0 unspecified atom stereocenters. The highest BCUT2D eigenvalue weighted by atomic mass is 127. The van der Waals surface area contributed by atoms with Crippen molar-refractivity contribution in [3.63, 3.8) is 0 Å². The number of hydrogen-bond donors (Lipinski definition) is 2. The second-order valence-electron chi connectivity index (χ2n) is 6.04. The predicted molar refractivity (Wildman–Crippen MR) is 119 cm³/mol. The molecule has 0 bridgehead atoms. The predicted octanol–water partition coefficient (Wildman–Crippen LogP) is 3.96. The summed E-state index contributed by atoms with van der Waals surface area (Å²) in [6.07, 6.45) is 0. The molecule has 0 saturated carbocycles. The third-order valence-electron chi connectivity index (χ3n) is 3.84. The lowest BCUT2D eigenvalue weighted by molar-refractivity contribution is 0.371. The second kappa shape index (κ2) is 10.6. The quantitative estimate of drug-likeness (QED) is 0.307. The van der Waals surface area contributed by atoms with Gasteiger partial charge in [0.1, 0.15) is 11.5 Å². The standard InChI is InChI=1S/C20H23N5O2.HI/c1-14-9-10-16(18(11-14)26-17-7-5-4-6-8-17)12-22-20(21-3)23-13-19-24-15(2)25-27-19;/h4-11H,12-13H2,1-3H3,(H2,21,22,23);1H. The fourth-order valence-electron chi connectivity index (χ4n) is 2.49. The van der Waals surface area contributed by atoms with Gasteiger partial charge in [0, 0.05) is 19.2 Å². The zero-order valence-electron chi connectivity index (χ0n) is 16.1. The summed E-state index contributed by atoms with van der Waals surface area (Å²) in [6, 6.07) is 15.9. The van der Waals surface area contributed by atoms with Gasteiger partial charge in [-0.2, -0.15) is 4.98 Å². The molecule has 3 aromatic rings. The first kappa shape index (κ1) is 21.7. The molecule has 1 heterocycles. The van der Waals surface area contributed by atoms with Gasteiger partial charge in [-0.1, -0.05) is 35.5 Å². The number of hydrogen-bond acceptors (Lipinski definition) is 5. The van der Waals surface area contributed by atoms with Gasteiger partial charge in [0.2, 0.25) is 5.89 Å². The van der Waals surface area contributed by atoms with Gasteiger partial charge in [0.25, 0.3) is 0 Å². The number of guanidine groups is 1. The molecule has 0 amide bonds. The van der Waals surface area contributed by atoms with Crippen molar-refractivity contribution in [3.8, 4) is 11.5 Å². The van der Waals surface area contributed by atoms with Crippen molar-refractivity contribution in [2.45, 2.75) is 26.9 Å². The molecule has 0 atom stereocenters. The largest absolute Gasteiger partial charge is 0.457 e. The molecule has 0 spiro atoms. The highest BCUT2D eigenvalue weighted by Gasteiger charge is 2.08. The number of para-hydroxylation sites is 1. The van der Waals surface area contributed by atoms with E-state index in [2.05, 4.69) is 37.9 Å². The molecule has 7 nitrogen and oxygen atoms in total. The van der Waals surface area contributed by atoms with Crippen LogP contribution >= 0.6 is 24.0 Å². The molecule has 0 aliphatic heterocycles. The number of ether oxygens (including phenoxy) is 1. The van der Waals surface area contributed by atoms with Crippen LogP contribution in [0.3, 0.4) is 0 Å². The first-order valence-electron chi connectivity index (χ1n) is 8.70. The molecule has 8 heteroatoms. The van der Waals surface area contributed by atoms with Crippen molar-refractivity contribution in [1.82, 2.24) is 20.8 Å². The number of rotatable bonds is 6. The summed E-state index contributed by atoms with van der Waals surface area (Å²) in [6.45, 7) is 4.79. The van der Waals surface area contributed by atoms with Crippen LogP contribution < -0.4 is 15.4 Å². The van der Waals surface area contributed by atoms with Gasteiger partial charge in [0.15, 0.2) is 11.8 Å². The molecular formula is C20H24IN5O2. The van der Waals surface area contributed by atoms with Crippen molar-refractivity contribution in [2.75, 3.05) is 7.05 Å². The van der Waals surface area contributed by atoms with E-state index in [-0.39, 0.29) is 24.0 Å². The number of nitrogens with zero attached hydrogens (tertiary/aromatic N) is 3. The molecular weight excluding hydrogens is 469 g/mol. The number of halogens is 1. The third-order valence-corrected chi connectivity index (χ3v) is 3.84. The Labute approximate surface area is 181 Å². The third kappa shape index (κ3) is 6.22. The summed E-state index contributed by atoms with van der Waals surface area (Å²) in [4.78, 5) is 8.38. The zero-order valence-corrected chi connectivity index (χ0v) is 18.4. The minimum absolute atomic E-state index is 0. The second-order valence-corrected chi connectivity index (χ2v) is 6.04. The lowest BCUT2D eigenvalue weighted by Gasteiger charge is -2.15. The number of benzene rings is 2. The van der Waals surface area contributed by atoms with Crippen LogP contribution in [0.5, 0.6) is 11.5 Å². The smallest absolute Gasteiger partial charge is 0.246 e. The normalized spacial score (nSPS) is 10.9. The Morgan fingerprint density at radius 2 is 1.82 bits per heavy atom. The molecule has 148 valence electrons. The van der Waals surface area contributed by atoms with E-state index in [1.165, 1.54) is 0 Å². The summed E-state index contributed by atoms with van der Waals surface area (Å²) in [7, 11) is 1.71. The van der Waals surface area contributed by atoms with E-state index < -0.39 is 0 Å². The number of nitrogens with one attached hydrogen (secondary N) is 2. The van der Waals surface area contributed by atoms with E-state index in [9.17, 15) is 0 Å². The van der Waals surface area contributed by atoms with Crippen LogP contribution in [-0.2, 0) is 13.1 Å². The van der Waals surface area contributed by atoms with Crippen molar-refractivity contribution in [1.29, 1.82) is 0 Å². The maximum Gasteiger partial charge on any atom is 0.246 e. The van der Waals surface area contributed by atoms with Gasteiger partial charge >= 0.3 is 0 Å². The van der Waals surface area contributed by atoms with E-state index in [0.717, 1.165) is 22.6 Å². The maximum atomic E-state index is 6.05. The lowest BCUT2D eigenvalue weighted by atomic mass is 10.1. The van der Waals surface area contributed by atoms with Gasteiger partial charge in [0.05, 0.1) is 6.54 Å². The van der Waals surface area contributed by atoms with E-state index >= 15 is 0 Å². The van der Waals surface area contributed by atoms with Crippen LogP contribution in [0.25, 0.3) is 0 Å². The molecule has 0 radical (unpaired) electrons. The Kier molecular flexibility index (Phi) is 8.24. The van der Waals surface area contributed by atoms with Gasteiger partial charge < -0.3 is 19.9 Å². The average Bonchev–Trinajstić information content (AvgIpc) is 3.09. The van der Waals surface area contributed by atoms with Gasteiger partial charge in [-0.3, -0.25) is 4.99 Å². The minimum atomic E-state index is 0. The van der Waals surface area contributed by atoms with Gasteiger partial charge in [-0.05, 0) is 37.6 Å². The van der Waals surface area contributed by atoms with Crippen LogP contribution in [0.2, 0.25) is 0 Å². The van der Waals surface area contributed by atoms with Gasteiger partial charge in [-0.15, -0.1) is 24.0 Å². The van der Waals surface area contributed by atoms with Gasteiger partial charge in [-0.25, -0.2) is 0 Å². The number of aryl methyl sites for hydroxylation is 2. The molecule has 0 fully saturated rings. The molecule has 0 aliphatic rings. The van der Waals surface area contributed by atoms with E-state index in [1.54, 1.807) is 14.0 Å². The van der Waals surface area contributed by atoms with Crippen molar-refractivity contribution >= 4 is 29.9 Å². The maximum absolute atomic E-state index is 6.05. The van der Waals surface area contributed by atoms with Crippen molar-refractivity contribution < 1.29 is 9.26 Å². The highest BCUT2D eigenvalue weighted by Crippen LogP contribution is 2.26. The molecule has 0 aliphatic carbocycles. The monoisotopic (exact) mass is 493 g/mol. The fraction of sp³-hybridized carbons (Fsp3) is 0.250. The Morgan fingerprint density at radius 1 is 1.07 bits per heavy atom. The molecule has 1 aromatic heterocycles. The zero-order chi connectivity index (χ0) is 19.1. The Bertz CT molecular complexity index is 912. The Morgan fingerprint density at radius 3 is 2.50 bits per heavy atom. The van der Waals surface area contributed by atoms with Crippen LogP contribution in [0, 0.1) is 13.8 Å². The SMILES string of the molecule is CN=C(NCc1nc(C)no1)NCc1ccc(C)cc1Oc1ccccc1.I. The average molecular weight is 493 g/mol. The topological polar surface area (TPSA) is 84.6 Å². The molecule has 0 saturated heterocycles. The van der Waals surface area contributed by atoms with Crippen LogP contribution in [-0.4, -0.2) is 23.1 Å². The van der Waals surface area contributed by atoms with E-state index in [0.29, 0.717) is 30.8 Å². The highest BCUT2D eigenvalue weighted by molar-refractivity contribution is 14.0. The lowest BCUT2D eigenvalue weighted by Crippen LogP contribution is -2.36. The summed E-state index contributed by atoms with van der Waals surface area (Å²) >= 11 is 0. The fourth-order valence-corrected chi connectivity index (χ4v) is 2.49. The van der Waals surface area contributed by atoms with Crippen LogP contribution in [0.1, 0.15) is 22.8 Å². The summed E-state index contributed by atoms with van der Waals surface area (Å²) < 4.78 is 11.1. The summed E-state index contributed by atoms with van der Waals surface area (Å²) in [5.41, 5.74) is 2.17. The van der Waals surface area contributed by atoms with Crippen LogP contribution in [0.4, 0.5) is 0 Å². The number of aliphatic imine (C=N–C) groups is 1. The van der Waals surface area contributed by atoms with Crippen molar-refractivity contribution in [3.05, 3.63) is 71.4 Å². The minimum Gasteiger partial charge on any atom is -0.457 e. The molecule has 2 N–H and O–H groups in total. The van der Waals surface area contributed by atoms with E-state index in [1.807, 2.05) is 43.3 Å². The molecule has 28 heavy (non-hydrogen) atoms. The molecule has 3 rings (SSSR count).